The van der Waals surface area contributed by atoms with Crippen LogP contribution in [-0.4, -0.2) is 41.5 Å². The lowest BCUT2D eigenvalue weighted by molar-refractivity contribution is 0.289. The minimum absolute atomic E-state index is 0.151. The van der Waals surface area contributed by atoms with Crippen molar-refractivity contribution in [2.24, 2.45) is 0 Å². The molecule has 0 radical (unpaired) electrons. The summed E-state index contributed by atoms with van der Waals surface area (Å²) < 4.78 is 29.4. The molecule has 0 bridgehead atoms. The van der Waals surface area contributed by atoms with Gasteiger partial charge in [-0.2, -0.15) is 0 Å². The fraction of sp³-hybridized carbons (Fsp3) is 0.714. The number of hydrogen-bond acceptors (Lipinski definition) is 6. The Morgan fingerprint density at radius 1 is 1.43 bits per heavy atom. The van der Waals surface area contributed by atoms with E-state index in [0.717, 1.165) is 19.3 Å². The quantitative estimate of drug-likeness (QED) is 0.913. The molecule has 1 aliphatic heterocycles. The maximum absolute atomic E-state index is 12.2. The Hall–Kier alpha value is -1.37. The molecule has 7 heteroatoms. The average molecular weight is 311 g/mol. The molecule has 0 aromatic carbocycles. The van der Waals surface area contributed by atoms with E-state index in [0.29, 0.717) is 31.1 Å². The summed E-state index contributed by atoms with van der Waals surface area (Å²) >= 11 is 0. The Kier molecular flexibility index (Phi) is 3.77. The van der Waals surface area contributed by atoms with E-state index in [1.54, 1.807) is 6.07 Å². The van der Waals surface area contributed by atoms with Crippen molar-refractivity contribution in [3.05, 3.63) is 12.4 Å². The molecule has 1 aromatic rings. The molecule has 1 atom stereocenters. The highest BCUT2D eigenvalue weighted by atomic mass is 32.2. The number of nitrogens with one attached hydrogen (secondary N) is 1. The molecule has 116 valence electrons. The van der Waals surface area contributed by atoms with Crippen molar-refractivity contribution in [2.75, 3.05) is 17.7 Å². The van der Waals surface area contributed by atoms with Gasteiger partial charge >= 0.3 is 0 Å². The SMILES string of the molecule is CCOc1cc(NC2CCS(=O)(=O)C3(CCC3)C2)ncn1. The molecule has 21 heavy (non-hydrogen) atoms. The van der Waals surface area contributed by atoms with E-state index in [9.17, 15) is 8.42 Å². The zero-order valence-electron chi connectivity index (χ0n) is 12.2. The van der Waals surface area contributed by atoms with Crippen molar-refractivity contribution in [1.29, 1.82) is 0 Å². The maximum atomic E-state index is 12.2. The highest BCUT2D eigenvalue weighted by Crippen LogP contribution is 2.46. The molecule has 1 saturated carbocycles. The topological polar surface area (TPSA) is 81.2 Å². The summed E-state index contributed by atoms with van der Waals surface area (Å²) in [6, 6.07) is 1.92. The van der Waals surface area contributed by atoms with Crippen LogP contribution in [0.4, 0.5) is 5.82 Å². The first kappa shape index (κ1) is 14.6. The van der Waals surface area contributed by atoms with E-state index in [2.05, 4.69) is 15.3 Å². The van der Waals surface area contributed by atoms with Crippen LogP contribution < -0.4 is 10.1 Å². The van der Waals surface area contributed by atoms with Crippen LogP contribution in [0.2, 0.25) is 0 Å². The van der Waals surface area contributed by atoms with Crippen LogP contribution in [0, 0.1) is 0 Å². The second kappa shape index (κ2) is 5.44. The largest absolute Gasteiger partial charge is 0.478 e. The van der Waals surface area contributed by atoms with Crippen molar-refractivity contribution in [3.63, 3.8) is 0 Å². The van der Waals surface area contributed by atoms with Gasteiger partial charge in [-0.05, 0) is 32.6 Å². The van der Waals surface area contributed by atoms with Gasteiger partial charge in [0.1, 0.15) is 12.1 Å². The lowest BCUT2D eigenvalue weighted by Gasteiger charge is -2.46. The highest BCUT2D eigenvalue weighted by molar-refractivity contribution is 7.92. The van der Waals surface area contributed by atoms with Gasteiger partial charge in [0.2, 0.25) is 5.88 Å². The minimum Gasteiger partial charge on any atom is -0.478 e. The van der Waals surface area contributed by atoms with Crippen molar-refractivity contribution in [3.8, 4) is 5.88 Å². The van der Waals surface area contributed by atoms with Gasteiger partial charge in [0, 0.05) is 12.1 Å². The molecule has 2 fully saturated rings. The Labute approximate surface area is 125 Å². The van der Waals surface area contributed by atoms with E-state index < -0.39 is 14.6 Å². The number of nitrogens with zero attached hydrogens (tertiary/aromatic N) is 2. The summed E-state index contributed by atoms with van der Waals surface area (Å²) in [6.45, 7) is 2.46. The third-order valence-corrected chi connectivity index (χ3v) is 7.23. The zero-order valence-corrected chi connectivity index (χ0v) is 13.0. The molecular weight excluding hydrogens is 290 g/mol. The molecule has 1 aliphatic carbocycles. The van der Waals surface area contributed by atoms with Crippen molar-refractivity contribution < 1.29 is 13.2 Å². The number of anilines is 1. The molecule has 1 unspecified atom stereocenters. The van der Waals surface area contributed by atoms with Crippen LogP contribution in [0.5, 0.6) is 5.88 Å². The normalized spacial score (nSPS) is 26.0. The fourth-order valence-corrected chi connectivity index (χ4v) is 5.65. The molecule has 2 aliphatic rings. The number of ether oxygens (including phenoxy) is 1. The first-order valence-corrected chi connectivity index (χ1v) is 9.14. The van der Waals surface area contributed by atoms with Crippen molar-refractivity contribution >= 4 is 15.7 Å². The number of rotatable bonds is 4. The van der Waals surface area contributed by atoms with Crippen LogP contribution in [0.15, 0.2) is 12.4 Å². The van der Waals surface area contributed by atoms with Gasteiger partial charge in [0.05, 0.1) is 17.1 Å². The van der Waals surface area contributed by atoms with E-state index in [-0.39, 0.29) is 11.8 Å². The van der Waals surface area contributed by atoms with Gasteiger partial charge in [-0.15, -0.1) is 0 Å². The highest BCUT2D eigenvalue weighted by Gasteiger charge is 2.52. The summed E-state index contributed by atoms with van der Waals surface area (Å²) in [5, 5.41) is 3.35. The maximum Gasteiger partial charge on any atom is 0.218 e. The number of sulfone groups is 1. The van der Waals surface area contributed by atoms with E-state index in [1.807, 2.05) is 6.92 Å². The van der Waals surface area contributed by atoms with Crippen LogP contribution in [0.3, 0.4) is 0 Å². The third kappa shape index (κ3) is 2.71. The van der Waals surface area contributed by atoms with Crippen LogP contribution >= 0.6 is 0 Å². The molecule has 3 rings (SSSR count). The average Bonchev–Trinajstić information content (AvgIpc) is 2.40. The third-order valence-electron chi connectivity index (χ3n) is 4.56. The Balaban J connectivity index is 1.70. The standard InChI is InChI=1S/C14H21N3O3S/c1-2-20-13-8-12(15-10-16-13)17-11-4-7-21(18,19)14(9-11)5-3-6-14/h8,10-11H,2-7,9H2,1H3,(H,15,16,17). The number of hydrogen-bond donors (Lipinski definition) is 1. The van der Waals surface area contributed by atoms with Crippen molar-refractivity contribution in [2.45, 2.75) is 49.8 Å². The van der Waals surface area contributed by atoms with Gasteiger partial charge in [-0.1, -0.05) is 6.42 Å². The first-order valence-electron chi connectivity index (χ1n) is 7.48. The molecule has 1 spiro atoms. The van der Waals surface area contributed by atoms with Gasteiger partial charge < -0.3 is 10.1 Å². The number of aromatic nitrogens is 2. The van der Waals surface area contributed by atoms with E-state index >= 15 is 0 Å². The lowest BCUT2D eigenvalue weighted by Crippen LogP contribution is -2.53. The summed E-state index contributed by atoms with van der Waals surface area (Å²) in [5.41, 5.74) is 0. The molecule has 1 N–H and O–H groups in total. The first-order chi connectivity index (χ1) is 10.0. The van der Waals surface area contributed by atoms with E-state index in [1.165, 1.54) is 6.33 Å². The molecule has 2 heterocycles. The van der Waals surface area contributed by atoms with Gasteiger partial charge in [0.25, 0.3) is 0 Å². The summed E-state index contributed by atoms with van der Waals surface area (Å²) in [5.74, 6) is 1.51. The smallest absolute Gasteiger partial charge is 0.218 e. The predicted molar refractivity (Wildman–Crippen MR) is 80.2 cm³/mol. The summed E-state index contributed by atoms with van der Waals surface area (Å²) in [4.78, 5) is 8.22. The predicted octanol–water partition coefficient (Wildman–Crippen LogP) is 1.79. The van der Waals surface area contributed by atoms with Gasteiger partial charge in [-0.3, -0.25) is 0 Å². The Bertz CT molecular complexity index is 614. The fourth-order valence-electron chi connectivity index (χ4n) is 3.26. The second-order valence-electron chi connectivity index (χ2n) is 5.86. The summed E-state index contributed by atoms with van der Waals surface area (Å²) in [7, 11) is -2.93. The molecular formula is C14H21N3O3S. The lowest BCUT2D eigenvalue weighted by atomic mass is 9.79. The van der Waals surface area contributed by atoms with Crippen LogP contribution in [0.1, 0.15) is 39.0 Å². The van der Waals surface area contributed by atoms with Crippen LogP contribution in [0.25, 0.3) is 0 Å². The monoisotopic (exact) mass is 311 g/mol. The second-order valence-corrected chi connectivity index (χ2v) is 8.37. The summed E-state index contributed by atoms with van der Waals surface area (Å²) in [6.07, 6.45) is 5.42. The Morgan fingerprint density at radius 2 is 2.24 bits per heavy atom. The van der Waals surface area contributed by atoms with Crippen LogP contribution in [-0.2, 0) is 9.84 Å². The Morgan fingerprint density at radius 3 is 2.90 bits per heavy atom. The molecule has 6 nitrogen and oxygen atoms in total. The van der Waals surface area contributed by atoms with Gasteiger partial charge in [0.15, 0.2) is 9.84 Å². The molecule has 1 saturated heterocycles. The molecule has 0 amide bonds. The van der Waals surface area contributed by atoms with Gasteiger partial charge in [-0.25, -0.2) is 18.4 Å². The molecule has 1 aromatic heterocycles. The van der Waals surface area contributed by atoms with Crippen molar-refractivity contribution in [1.82, 2.24) is 9.97 Å². The minimum atomic E-state index is -2.93. The van der Waals surface area contributed by atoms with E-state index in [4.69, 9.17) is 4.74 Å². The zero-order chi connectivity index (χ0) is 14.9.